The Kier molecular flexibility index (Phi) is 4.26. The van der Waals surface area contributed by atoms with Crippen LogP contribution in [-0.2, 0) is 13.2 Å². The first-order chi connectivity index (χ1) is 9.19. The van der Waals surface area contributed by atoms with Crippen molar-refractivity contribution in [2.24, 2.45) is 0 Å². The molecular weight excluding hydrogens is 240 g/mol. The molecule has 2 N–H and O–H groups in total. The normalized spacial score (nSPS) is 10.2. The van der Waals surface area contributed by atoms with Gasteiger partial charge in [0, 0.05) is 18.4 Å². The van der Waals surface area contributed by atoms with Gasteiger partial charge in [-0.15, -0.1) is 0 Å². The van der Waals surface area contributed by atoms with Crippen LogP contribution < -0.4 is 5.32 Å². The topological polar surface area (TPSA) is 62.2 Å². The molecule has 4 nitrogen and oxygen atoms in total. The Morgan fingerprint density at radius 3 is 2.42 bits per heavy atom. The molecule has 0 unspecified atom stereocenters. The largest absolute Gasteiger partial charge is 0.392 e. The first-order valence-electron chi connectivity index (χ1n) is 6.08. The Hall–Kier alpha value is -2.20. The van der Waals surface area contributed by atoms with E-state index in [4.69, 9.17) is 5.11 Å². The van der Waals surface area contributed by atoms with Crippen molar-refractivity contribution in [3.05, 3.63) is 65.0 Å². The molecular formula is C15H16N2O2. The van der Waals surface area contributed by atoms with Gasteiger partial charge in [0.25, 0.3) is 5.91 Å². The van der Waals surface area contributed by atoms with Crippen LogP contribution >= 0.6 is 0 Å². The number of carbonyl (C=O) groups excluding carboxylic acids is 1. The van der Waals surface area contributed by atoms with Crippen LogP contribution in [0.15, 0.2) is 42.6 Å². The van der Waals surface area contributed by atoms with Crippen LogP contribution in [0.5, 0.6) is 0 Å². The van der Waals surface area contributed by atoms with E-state index in [-0.39, 0.29) is 12.5 Å². The van der Waals surface area contributed by atoms with E-state index in [1.807, 2.05) is 37.3 Å². The van der Waals surface area contributed by atoms with Crippen LogP contribution in [0, 0.1) is 6.92 Å². The molecule has 2 rings (SSSR count). The van der Waals surface area contributed by atoms with Gasteiger partial charge in [-0.25, -0.2) is 0 Å². The molecule has 0 aliphatic carbocycles. The van der Waals surface area contributed by atoms with Crippen LogP contribution in [0.2, 0.25) is 0 Å². The van der Waals surface area contributed by atoms with Gasteiger partial charge in [0.1, 0.15) is 0 Å². The summed E-state index contributed by atoms with van der Waals surface area (Å²) in [6, 6.07) is 11.0. The number of hydrogen-bond donors (Lipinski definition) is 2. The Morgan fingerprint density at radius 2 is 1.84 bits per heavy atom. The van der Waals surface area contributed by atoms with Crippen LogP contribution in [0.4, 0.5) is 0 Å². The van der Waals surface area contributed by atoms with Gasteiger partial charge >= 0.3 is 0 Å². The molecule has 0 atom stereocenters. The van der Waals surface area contributed by atoms with E-state index in [0.29, 0.717) is 12.1 Å². The molecule has 1 aromatic heterocycles. The monoisotopic (exact) mass is 256 g/mol. The fourth-order valence-corrected chi connectivity index (χ4v) is 1.65. The molecule has 4 heteroatoms. The number of aromatic nitrogens is 1. The summed E-state index contributed by atoms with van der Waals surface area (Å²) in [6.07, 6.45) is 1.57. The summed E-state index contributed by atoms with van der Waals surface area (Å²) in [5, 5.41) is 11.8. The average molecular weight is 256 g/mol. The van der Waals surface area contributed by atoms with Gasteiger partial charge in [0.2, 0.25) is 0 Å². The first-order valence-corrected chi connectivity index (χ1v) is 6.08. The van der Waals surface area contributed by atoms with E-state index in [0.717, 1.165) is 16.8 Å². The minimum Gasteiger partial charge on any atom is -0.392 e. The van der Waals surface area contributed by atoms with Gasteiger partial charge in [0.05, 0.1) is 12.2 Å². The standard InChI is InChI=1S/C15H16N2O2/c1-11-2-7-14(9-16-11)15(19)17-8-12-3-5-13(10-18)6-4-12/h2-7,9,18H,8,10H2,1H3,(H,17,19). The van der Waals surface area contributed by atoms with Gasteiger partial charge in [-0.2, -0.15) is 0 Å². The number of aliphatic hydroxyl groups is 1. The Balaban J connectivity index is 1.94. The number of rotatable bonds is 4. The predicted molar refractivity (Wildman–Crippen MR) is 72.5 cm³/mol. The molecule has 1 heterocycles. The van der Waals surface area contributed by atoms with Gasteiger partial charge < -0.3 is 10.4 Å². The third-order valence-electron chi connectivity index (χ3n) is 2.83. The number of aryl methyl sites for hydroxylation is 1. The second-order valence-corrected chi connectivity index (χ2v) is 4.35. The smallest absolute Gasteiger partial charge is 0.253 e. The third-order valence-corrected chi connectivity index (χ3v) is 2.83. The number of aliphatic hydroxyl groups excluding tert-OH is 1. The molecule has 1 aromatic carbocycles. The number of pyridine rings is 1. The van der Waals surface area contributed by atoms with Gasteiger partial charge in [0.15, 0.2) is 0 Å². The lowest BCUT2D eigenvalue weighted by molar-refractivity contribution is 0.0950. The number of benzene rings is 1. The molecule has 2 aromatic rings. The maximum Gasteiger partial charge on any atom is 0.253 e. The highest BCUT2D eigenvalue weighted by molar-refractivity contribution is 5.93. The fraction of sp³-hybridized carbons (Fsp3) is 0.200. The van der Waals surface area contributed by atoms with Crippen LogP contribution in [0.3, 0.4) is 0 Å². The van der Waals surface area contributed by atoms with Crippen molar-refractivity contribution in [2.45, 2.75) is 20.1 Å². The lowest BCUT2D eigenvalue weighted by atomic mass is 10.1. The molecule has 0 saturated carbocycles. The van der Waals surface area contributed by atoms with E-state index >= 15 is 0 Å². The molecule has 0 spiro atoms. The van der Waals surface area contributed by atoms with Crippen molar-refractivity contribution >= 4 is 5.91 Å². The third kappa shape index (κ3) is 3.63. The van der Waals surface area contributed by atoms with Gasteiger partial charge in [-0.3, -0.25) is 9.78 Å². The zero-order valence-corrected chi connectivity index (χ0v) is 10.8. The SMILES string of the molecule is Cc1ccc(C(=O)NCc2ccc(CO)cc2)cn1. The van der Waals surface area contributed by atoms with E-state index in [1.54, 1.807) is 12.3 Å². The van der Waals surface area contributed by atoms with E-state index in [9.17, 15) is 4.79 Å². The van der Waals surface area contributed by atoms with Crippen LogP contribution in [0.25, 0.3) is 0 Å². The van der Waals surface area contributed by atoms with Crippen molar-refractivity contribution in [2.75, 3.05) is 0 Å². The molecule has 0 bridgehead atoms. The van der Waals surface area contributed by atoms with Crippen LogP contribution in [0.1, 0.15) is 27.2 Å². The zero-order chi connectivity index (χ0) is 13.7. The van der Waals surface area contributed by atoms with Crippen LogP contribution in [-0.4, -0.2) is 16.0 Å². The zero-order valence-electron chi connectivity index (χ0n) is 10.8. The molecule has 0 saturated heterocycles. The highest BCUT2D eigenvalue weighted by Crippen LogP contribution is 2.05. The fourth-order valence-electron chi connectivity index (χ4n) is 1.65. The van der Waals surface area contributed by atoms with Crippen molar-refractivity contribution in [1.29, 1.82) is 0 Å². The number of amides is 1. The molecule has 0 aliphatic heterocycles. The van der Waals surface area contributed by atoms with E-state index in [1.165, 1.54) is 0 Å². The van der Waals surface area contributed by atoms with Crippen molar-refractivity contribution < 1.29 is 9.90 Å². The molecule has 0 fully saturated rings. The Morgan fingerprint density at radius 1 is 1.16 bits per heavy atom. The Labute approximate surface area is 112 Å². The van der Waals surface area contributed by atoms with Crippen molar-refractivity contribution in [1.82, 2.24) is 10.3 Å². The van der Waals surface area contributed by atoms with Crippen molar-refractivity contribution in [3.8, 4) is 0 Å². The summed E-state index contributed by atoms with van der Waals surface area (Å²) < 4.78 is 0. The molecule has 1 amide bonds. The average Bonchev–Trinajstić information content (AvgIpc) is 2.46. The van der Waals surface area contributed by atoms with E-state index in [2.05, 4.69) is 10.3 Å². The predicted octanol–water partition coefficient (Wildman–Crippen LogP) is 1.81. The molecule has 0 radical (unpaired) electrons. The minimum absolute atomic E-state index is 0.0294. The minimum atomic E-state index is -0.140. The quantitative estimate of drug-likeness (QED) is 0.877. The summed E-state index contributed by atoms with van der Waals surface area (Å²) in [5.41, 5.74) is 3.29. The second-order valence-electron chi connectivity index (χ2n) is 4.35. The highest BCUT2D eigenvalue weighted by atomic mass is 16.3. The lowest BCUT2D eigenvalue weighted by Crippen LogP contribution is -2.22. The number of nitrogens with zero attached hydrogens (tertiary/aromatic N) is 1. The second kappa shape index (κ2) is 6.11. The number of carbonyl (C=O) groups is 1. The van der Waals surface area contributed by atoms with E-state index < -0.39 is 0 Å². The lowest BCUT2D eigenvalue weighted by Gasteiger charge is -2.06. The first kappa shape index (κ1) is 13.2. The molecule has 98 valence electrons. The maximum absolute atomic E-state index is 11.9. The van der Waals surface area contributed by atoms with Gasteiger partial charge in [-0.1, -0.05) is 24.3 Å². The number of nitrogens with one attached hydrogen (secondary N) is 1. The van der Waals surface area contributed by atoms with Crippen molar-refractivity contribution in [3.63, 3.8) is 0 Å². The summed E-state index contributed by atoms with van der Waals surface area (Å²) in [6.45, 7) is 2.37. The molecule has 0 aliphatic rings. The maximum atomic E-state index is 11.9. The summed E-state index contributed by atoms with van der Waals surface area (Å²) in [4.78, 5) is 16.0. The number of hydrogen-bond acceptors (Lipinski definition) is 3. The summed E-state index contributed by atoms with van der Waals surface area (Å²) >= 11 is 0. The Bertz CT molecular complexity index is 547. The summed E-state index contributed by atoms with van der Waals surface area (Å²) in [5.74, 6) is -0.140. The molecule has 19 heavy (non-hydrogen) atoms. The summed E-state index contributed by atoms with van der Waals surface area (Å²) in [7, 11) is 0. The van der Waals surface area contributed by atoms with Gasteiger partial charge in [-0.05, 0) is 30.2 Å². The highest BCUT2D eigenvalue weighted by Gasteiger charge is 2.05.